The first kappa shape index (κ1) is 18.0. The van der Waals surface area contributed by atoms with Crippen molar-refractivity contribution in [3.8, 4) is 11.1 Å². The van der Waals surface area contributed by atoms with Gasteiger partial charge in [0.05, 0.1) is 0 Å². The quantitative estimate of drug-likeness (QED) is 0.440. The molecule has 150 valence electrons. The van der Waals surface area contributed by atoms with Crippen molar-refractivity contribution < 1.29 is 0 Å². The molecule has 0 heterocycles. The van der Waals surface area contributed by atoms with E-state index in [2.05, 4.69) is 92.0 Å². The Morgan fingerprint density at radius 3 is 2.60 bits per heavy atom. The van der Waals surface area contributed by atoms with Crippen LogP contribution in [0.3, 0.4) is 0 Å². The van der Waals surface area contributed by atoms with Crippen molar-refractivity contribution in [1.82, 2.24) is 0 Å². The number of rotatable bonds is 2. The summed E-state index contributed by atoms with van der Waals surface area (Å²) in [5.41, 5.74) is 11.3. The zero-order valence-corrected chi connectivity index (χ0v) is 17.9. The lowest BCUT2D eigenvalue weighted by molar-refractivity contribution is 0.284. The predicted molar refractivity (Wildman–Crippen MR) is 126 cm³/mol. The molecule has 0 amide bonds. The van der Waals surface area contributed by atoms with E-state index in [9.17, 15) is 0 Å². The molecule has 2 bridgehead atoms. The number of hydrogen-bond acceptors (Lipinski definition) is 1. The Kier molecular flexibility index (Phi) is 3.96. The molecule has 1 saturated carbocycles. The van der Waals surface area contributed by atoms with Gasteiger partial charge in [-0.3, -0.25) is 0 Å². The lowest BCUT2D eigenvalue weighted by atomic mass is 9.58. The summed E-state index contributed by atoms with van der Waals surface area (Å²) in [7, 11) is 0. The van der Waals surface area contributed by atoms with Crippen LogP contribution in [0.4, 0.5) is 11.4 Å². The van der Waals surface area contributed by atoms with Crippen molar-refractivity contribution in [2.45, 2.75) is 44.9 Å². The molecule has 1 N–H and O–H groups in total. The van der Waals surface area contributed by atoms with E-state index in [0.717, 1.165) is 5.92 Å². The van der Waals surface area contributed by atoms with Crippen molar-refractivity contribution in [2.75, 3.05) is 5.32 Å². The van der Waals surface area contributed by atoms with E-state index >= 15 is 0 Å². The maximum absolute atomic E-state index is 3.70. The molecule has 0 aliphatic heterocycles. The maximum Gasteiger partial charge on any atom is 0.0424 e. The molecule has 6 rings (SSSR count). The van der Waals surface area contributed by atoms with Gasteiger partial charge < -0.3 is 5.32 Å². The topological polar surface area (TPSA) is 12.0 Å². The monoisotopic (exact) mass is 391 g/mol. The highest BCUT2D eigenvalue weighted by molar-refractivity contribution is 5.85. The summed E-state index contributed by atoms with van der Waals surface area (Å²) in [6.07, 6.45) is 7.83. The summed E-state index contributed by atoms with van der Waals surface area (Å²) in [5.74, 6) is 1.57. The van der Waals surface area contributed by atoms with Crippen molar-refractivity contribution in [3.63, 3.8) is 0 Å². The van der Waals surface area contributed by atoms with Crippen molar-refractivity contribution >= 4 is 11.4 Å². The number of anilines is 2. The molecule has 3 unspecified atom stereocenters. The minimum absolute atomic E-state index is 0.0700. The molecular formula is C29H29N. The second kappa shape index (κ2) is 6.60. The third kappa shape index (κ3) is 2.54. The molecule has 1 nitrogen and oxygen atoms in total. The van der Waals surface area contributed by atoms with Crippen molar-refractivity contribution in [1.29, 1.82) is 0 Å². The molecule has 1 spiro atoms. The average molecular weight is 392 g/mol. The Morgan fingerprint density at radius 1 is 0.900 bits per heavy atom. The Bertz CT molecular complexity index is 1170. The van der Waals surface area contributed by atoms with E-state index in [4.69, 9.17) is 0 Å². The van der Waals surface area contributed by atoms with Gasteiger partial charge in [0, 0.05) is 16.8 Å². The first-order valence-corrected chi connectivity index (χ1v) is 11.4. The molecule has 1 fully saturated rings. The largest absolute Gasteiger partial charge is 0.355 e. The molecule has 0 saturated heterocycles. The third-order valence-electron chi connectivity index (χ3n) is 7.76. The van der Waals surface area contributed by atoms with Gasteiger partial charge in [-0.25, -0.2) is 0 Å². The molecule has 30 heavy (non-hydrogen) atoms. The van der Waals surface area contributed by atoms with Crippen LogP contribution in [0.2, 0.25) is 0 Å². The summed E-state index contributed by atoms with van der Waals surface area (Å²) >= 11 is 0. The Morgan fingerprint density at radius 2 is 1.70 bits per heavy atom. The van der Waals surface area contributed by atoms with Crippen LogP contribution in [0.1, 0.15) is 49.3 Å². The van der Waals surface area contributed by atoms with E-state index in [0.29, 0.717) is 5.92 Å². The lowest BCUT2D eigenvalue weighted by Gasteiger charge is -2.45. The summed E-state index contributed by atoms with van der Waals surface area (Å²) in [5, 5.41) is 3.70. The van der Waals surface area contributed by atoms with Gasteiger partial charge in [0.15, 0.2) is 0 Å². The smallest absolute Gasteiger partial charge is 0.0424 e. The van der Waals surface area contributed by atoms with Crippen LogP contribution < -0.4 is 5.32 Å². The Hall–Kier alpha value is -2.80. The fourth-order valence-corrected chi connectivity index (χ4v) is 6.45. The predicted octanol–water partition coefficient (Wildman–Crippen LogP) is 7.77. The van der Waals surface area contributed by atoms with Gasteiger partial charge in [-0.1, -0.05) is 67.1 Å². The molecule has 3 aliphatic carbocycles. The summed E-state index contributed by atoms with van der Waals surface area (Å²) < 4.78 is 0. The molecule has 3 aromatic rings. The van der Waals surface area contributed by atoms with Crippen LogP contribution in [-0.2, 0) is 5.41 Å². The normalized spacial score (nSPS) is 26.1. The Balaban J connectivity index is 1.53. The molecule has 3 aromatic carbocycles. The van der Waals surface area contributed by atoms with E-state index in [1.165, 1.54) is 64.9 Å². The summed E-state index contributed by atoms with van der Waals surface area (Å²) in [6.45, 7) is 4.58. The van der Waals surface area contributed by atoms with Crippen LogP contribution >= 0.6 is 0 Å². The third-order valence-corrected chi connectivity index (χ3v) is 7.76. The highest BCUT2D eigenvalue weighted by atomic mass is 14.9. The molecule has 3 atom stereocenters. The lowest BCUT2D eigenvalue weighted by Crippen LogP contribution is -2.36. The molecule has 1 heteroatoms. The van der Waals surface area contributed by atoms with Crippen LogP contribution in [-0.4, -0.2) is 0 Å². The van der Waals surface area contributed by atoms with Gasteiger partial charge in [0.25, 0.3) is 0 Å². The second-order valence-electron chi connectivity index (χ2n) is 9.66. The second-order valence-corrected chi connectivity index (χ2v) is 9.66. The summed E-state index contributed by atoms with van der Waals surface area (Å²) in [6, 6.07) is 24.8. The summed E-state index contributed by atoms with van der Waals surface area (Å²) in [4.78, 5) is 0. The number of aryl methyl sites for hydroxylation is 1. The van der Waals surface area contributed by atoms with Crippen molar-refractivity contribution in [3.05, 3.63) is 95.1 Å². The molecule has 0 radical (unpaired) electrons. The highest BCUT2D eigenvalue weighted by Crippen LogP contribution is 2.60. The van der Waals surface area contributed by atoms with Crippen LogP contribution in [0, 0.1) is 18.8 Å². The van der Waals surface area contributed by atoms with Gasteiger partial charge in [-0.05, 0) is 90.5 Å². The van der Waals surface area contributed by atoms with Crippen LogP contribution in [0.15, 0.2) is 78.4 Å². The first-order valence-electron chi connectivity index (χ1n) is 11.4. The van der Waals surface area contributed by atoms with Gasteiger partial charge in [-0.2, -0.15) is 0 Å². The van der Waals surface area contributed by atoms with Gasteiger partial charge >= 0.3 is 0 Å². The minimum Gasteiger partial charge on any atom is -0.355 e. The zero-order chi connectivity index (χ0) is 20.3. The van der Waals surface area contributed by atoms with E-state index in [1.807, 2.05) is 0 Å². The van der Waals surface area contributed by atoms with Gasteiger partial charge in [0.2, 0.25) is 0 Å². The SMILES string of the molecule is Cc1ccccc1Nc1ccc2c(c1)C1(CCC3CC1=CC(C)C3)c1ccccc1-2. The van der Waals surface area contributed by atoms with Crippen LogP contribution in [0.25, 0.3) is 11.1 Å². The average Bonchev–Trinajstić information content (AvgIpc) is 3.03. The number of fused-ring (bicyclic) bond motifs is 8. The number of allylic oxidation sites excluding steroid dienone is 2. The number of hydrogen-bond donors (Lipinski definition) is 1. The molecular weight excluding hydrogens is 362 g/mol. The fourth-order valence-electron chi connectivity index (χ4n) is 6.45. The number of nitrogens with one attached hydrogen (secondary N) is 1. The standard InChI is InChI=1S/C29H29N/c1-19-15-21-13-14-29(22(16-19)17-21)26-9-5-4-8-24(26)25-12-11-23(18-27(25)29)30-28-10-6-3-7-20(28)2/h3-12,16,18-19,21,30H,13-15,17H2,1-2H3. The van der Waals surface area contributed by atoms with Gasteiger partial charge in [-0.15, -0.1) is 0 Å². The molecule has 3 aliphatic rings. The van der Waals surface area contributed by atoms with E-state index in [1.54, 1.807) is 5.57 Å². The van der Waals surface area contributed by atoms with Crippen LogP contribution in [0.5, 0.6) is 0 Å². The number of para-hydroxylation sites is 1. The maximum atomic E-state index is 3.70. The fraction of sp³-hybridized carbons (Fsp3) is 0.310. The highest BCUT2D eigenvalue weighted by Gasteiger charge is 2.49. The zero-order valence-electron chi connectivity index (χ0n) is 17.9. The molecule has 0 aromatic heterocycles. The van der Waals surface area contributed by atoms with Gasteiger partial charge in [0.1, 0.15) is 0 Å². The first-order chi connectivity index (χ1) is 14.6. The Labute approximate surface area is 179 Å². The van der Waals surface area contributed by atoms with E-state index in [-0.39, 0.29) is 5.41 Å². The number of benzene rings is 3. The van der Waals surface area contributed by atoms with E-state index < -0.39 is 0 Å². The minimum atomic E-state index is 0.0700. The van der Waals surface area contributed by atoms with Crippen molar-refractivity contribution in [2.24, 2.45) is 11.8 Å².